The van der Waals surface area contributed by atoms with Gasteiger partial charge in [0.15, 0.2) is 0 Å². The summed E-state index contributed by atoms with van der Waals surface area (Å²) in [6.07, 6.45) is 3.55. The van der Waals surface area contributed by atoms with Crippen LogP contribution in [0.3, 0.4) is 0 Å². The molecule has 2 aromatic heterocycles. The molecule has 2 aliphatic heterocycles. The van der Waals surface area contributed by atoms with Crippen LogP contribution in [0.15, 0.2) is 8.94 Å². The van der Waals surface area contributed by atoms with Crippen LogP contribution in [0.2, 0.25) is 0 Å². The second-order valence-corrected chi connectivity index (χ2v) is 7.41. The number of rotatable bonds is 4. The summed E-state index contributed by atoms with van der Waals surface area (Å²) in [7, 11) is 0. The van der Waals surface area contributed by atoms with Crippen LogP contribution in [-0.2, 0) is 11.3 Å². The molecule has 2 aromatic rings. The monoisotopic (exact) mass is 330 g/mol. The zero-order chi connectivity index (χ0) is 16.3. The molecule has 0 spiro atoms. The molecule has 128 valence electrons. The molecule has 0 bridgehead atoms. The molecule has 3 fully saturated rings. The van der Waals surface area contributed by atoms with Crippen molar-refractivity contribution < 1.29 is 13.7 Å². The minimum absolute atomic E-state index is 0.0267. The number of aryl methyl sites for hydroxylation is 2. The number of hydrogen-bond acceptors (Lipinski definition) is 7. The highest BCUT2D eigenvalue weighted by Gasteiger charge is 2.44. The summed E-state index contributed by atoms with van der Waals surface area (Å²) < 4.78 is 17.3. The Kier molecular flexibility index (Phi) is 3.28. The zero-order valence-corrected chi connectivity index (χ0v) is 14.1. The lowest BCUT2D eigenvalue weighted by Gasteiger charge is -2.17. The first kappa shape index (κ1) is 14.6. The van der Waals surface area contributed by atoms with Crippen LogP contribution in [0.25, 0.3) is 0 Å². The first-order chi connectivity index (χ1) is 11.7. The van der Waals surface area contributed by atoms with Gasteiger partial charge in [0.2, 0.25) is 11.8 Å². The Hall–Kier alpha value is -1.73. The van der Waals surface area contributed by atoms with Gasteiger partial charge in [-0.3, -0.25) is 4.90 Å². The molecule has 0 N–H and O–H groups in total. The number of fused-ring (bicyclic) bond motifs is 1. The maximum absolute atomic E-state index is 6.22. The third kappa shape index (κ3) is 2.46. The van der Waals surface area contributed by atoms with Gasteiger partial charge in [-0.05, 0) is 33.1 Å². The van der Waals surface area contributed by atoms with E-state index in [0.29, 0.717) is 17.7 Å². The van der Waals surface area contributed by atoms with E-state index in [9.17, 15) is 0 Å². The molecule has 2 saturated heterocycles. The Morgan fingerprint density at radius 3 is 2.67 bits per heavy atom. The molecule has 0 radical (unpaired) electrons. The molecule has 0 aromatic carbocycles. The highest BCUT2D eigenvalue weighted by molar-refractivity contribution is 5.21. The molecule has 4 heterocycles. The van der Waals surface area contributed by atoms with Gasteiger partial charge in [0.25, 0.3) is 0 Å². The number of ether oxygens (including phenoxy) is 1. The molecular weight excluding hydrogens is 308 g/mol. The van der Waals surface area contributed by atoms with Crippen molar-refractivity contribution in [1.29, 1.82) is 0 Å². The van der Waals surface area contributed by atoms with Crippen LogP contribution in [0.5, 0.6) is 0 Å². The van der Waals surface area contributed by atoms with Gasteiger partial charge in [-0.1, -0.05) is 5.16 Å². The van der Waals surface area contributed by atoms with E-state index in [2.05, 4.69) is 20.3 Å². The predicted molar refractivity (Wildman–Crippen MR) is 83.2 cm³/mol. The molecule has 3 atom stereocenters. The first-order valence-electron chi connectivity index (χ1n) is 8.80. The minimum Gasteiger partial charge on any atom is -0.422 e. The van der Waals surface area contributed by atoms with Crippen molar-refractivity contribution in [3.63, 3.8) is 0 Å². The van der Waals surface area contributed by atoms with Gasteiger partial charge in [-0.25, -0.2) is 0 Å². The molecule has 0 unspecified atom stereocenters. The lowest BCUT2D eigenvalue weighted by atomic mass is 10.0. The Morgan fingerprint density at radius 2 is 1.96 bits per heavy atom. The molecule has 7 heteroatoms. The molecular formula is C17H22N4O3. The smallest absolute Gasteiger partial charge is 0.245 e. The van der Waals surface area contributed by atoms with Crippen LogP contribution in [0, 0.1) is 19.8 Å². The lowest BCUT2D eigenvalue weighted by molar-refractivity contribution is 0.0222. The van der Waals surface area contributed by atoms with Gasteiger partial charge in [0.05, 0.1) is 11.8 Å². The molecule has 1 saturated carbocycles. The lowest BCUT2D eigenvalue weighted by Crippen LogP contribution is -2.24. The van der Waals surface area contributed by atoms with Crippen LogP contribution in [-0.4, -0.2) is 39.4 Å². The molecule has 5 rings (SSSR count). The number of nitrogens with zero attached hydrogens (tertiary/aromatic N) is 4. The summed E-state index contributed by atoms with van der Waals surface area (Å²) in [4.78, 5) is 2.43. The van der Waals surface area contributed by atoms with E-state index >= 15 is 0 Å². The molecule has 0 amide bonds. The highest BCUT2D eigenvalue weighted by Crippen LogP contribution is 2.43. The molecule has 3 aliphatic rings. The standard InChI is InChI=1S/C17H22N4O3/c1-9-13(10(2)24-20-9)7-21-6-12-5-14(22-15(12)8-21)17-19-18-16(23-17)11-3-4-11/h11-12,14-15H,3-8H2,1-2H3/t12-,14-,15+/m0/s1. The Morgan fingerprint density at radius 1 is 1.12 bits per heavy atom. The van der Waals surface area contributed by atoms with E-state index in [4.69, 9.17) is 13.7 Å². The van der Waals surface area contributed by atoms with Crippen LogP contribution in [0.4, 0.5) is 0 Å². The van der Waals surface area contributed by atoms with Crippen molar-refractivity contribution in [2.75, 3.05) is 13.1 Å². The number of hydrogen-bond donors (Lipinski definition) is 0. The fourth-order valence-electron chi connectivity index (χ4n) is 3.96. The second-order valence-electron chi connectivity index (χ2n) is 7.41. The van der Waals surface area contributed by atoms with Crippen molar-refractivity contribution in [2.24, 2.45) is 5.92 Å². The van der Waals surface area contributed by atoms with Crippen molar-refractivity contribution in [3.8, 4) is 0 Å². The third-order valence-electron chi connectivity index (χ3n) is 5.53. The number of likely N-dealkylation sites (tertiary alicyclic amines) is 1. The van der Waals surface area contributed by atoms with Crippen molar-refractivity contribution in [2.45, 2.75) is 57.8 Å². The summed E-state index contributed by atoms with van der Waals surface area (Å²) in [6.45, 7) is 6.84. The molecule has 1 aliphatic carbocycles. The maximum Gasteiger partial charge on any atom is 0.245 e. The summed E-state index contributed by atoms with van der Waals surface area (Å²) in [6, 6.07) is 0. The average Bonchev–Trinajstić information content (AvgIpc) is 2.89. The highest BCUT2D eigenvalue weighted by atomic mass is 16.5. The Labute approximate surface area is 140 Å². The zero-order valence-electron chi connectivity index (χ0n) is 14.1. The van der Waals surface area contributed by atoms with Gasteiger partial charge in [0.1, 0.15) is 11.9 Å². The van der Waals surface area contributed by atoms with E-state index < -0.39 is 0 Å². The van der Waals surface area contributed by atoms with E-state index in [0.717, 1.165) is 43.4 Å². The van der Waals surface area contributed by atoms with Crippen LogP contribution >= 0.6 is 0 Å². The predicted octanol–water partition coefficient (Wildman–Crippen LogP) is 2.51. The molecule has 24 heavy (non-hydrogen) atoms. The number of aromatic nitrogens is 3. The summed E-state index contributed by atoms with van der Waals surface area (Å²) in [5.41, 5.74) is 2.19. The van der Waals surface area contributed by atoms with Gasteiger partial charge in [0, 0.05) is 37.0 Å². The Bertz CT molecular complexity index is 717. The van der Waals surface area contributed by atoms with Crippen molar-refractivity contribution >= 4 is 0 Å². The normalized spacial score (nSPS) is 30.2. The summed E-state index contributed by atoms with van der Waals surface area (Å²) >= 11 is 0. The summed E-state index contributed by atoms with van der Waals surface area (Å²) in [5.74, 6) is 3.42. The average molecular weight is 330 g/mol. The van der Waals surface area contributed by atoms with E-state index in [-0.39, 0.29) is 12.2 Å². The minimum atomic E-state index is -0.0267. The maximum atomic E-state index is 6.22. The fourth-order valence-corrected chi connectivity index (χ4v) is 3.96. The first-order valence-corrected chi connectivity index (χ1v) is 8.80. The Balaban J connectivity index is 1.22. The SMILES string of the molecule is Cc1noc(C)c1CN1C[C@@H]2C[C@@H](c3nnc(C4CC4)o3)O[C@@H]2C1. The quantitative estimate of drug-likeness (QED) is 0.852. The van der Waals surface area contributed by atoms with Crippen molar-refractivity contribution in [1.82, 2.24) is 20.3 Å². The fraction of sp³-hybridized carbons (Fsp3) is 0.706. The van der Waals surface area contributed by atoms with Crippen molar-refractivity contribution in [3.05, 3.63) is 28.8 Å². The summed E-state index contributed by atoms with van der Waals surface area (Å²) in [5, 5.41) is 12.4. The van der Waals surface area contributed by atoms with Gasteiger partial charge < -0.3 is 13.7 Å². The van der Waals surface area contributed by atoms with Gasteiger partial charge in [-0.15, -0.1) is 10.2 Å². The van der Waals surface area contributed by atoms with E-state index in [1.54, 1.807) is 0 Å². The largest absolute Gasteiger partial charge is 0.422 e. The van der Waals surface area contributed by atoms with E-state index in [1.807, 2.05) is 13.8 Å². The van der Waals surface area contributed by atoms with E-state index in [1.165, 1.54) is 18.4 Å². The van der Waals surface area contributed by atoms with Gasteiger partial charge >= 0.3 is 0 Å². The van der Waals surface area contributed by atoms with Crippen LogP contribution in [0.1, 0.15) is 60.1 Å². The molecule has 7 nitrogen and oxygen atoms in total. The second kappa shape index (κ2) is 5.39. The van der Waals surface area contributed by atoms with Gasteiger partial charge in [-0.2, -0.15) is 0 Å². The third-order valence-corrected chi connectivity index (χ3v) is 5.53. The topological polar surface area (TPSA) is 77.4 Å². The van der Waals surface area contributed by atoms with Crippen LogP contribution < -0.4 is 0 Å².